The number of imidazole rings is 1. The average molecular weight is 417 g/mol. The molecule has 6 nitrogen and oxygen atoms in total. The van der Waals surface area contributed by atoms with E-state index >= 15 is 0 Å². The molecule has 0 aliphatic carbocycles. The summed E-state index contributed by atoms with van der Waals surface area (Å²) < 4.78 is 30.2. The van der Waals surface area contributed by atoms with Gasteiger partial charge >= 0.3 is 0 Å². The fraction of sp³-hybridized carbons (Fsp3) is 0.130. The molecule has 1 heterocycles. The molecule has 1 N–H and O–H groups in total. The van der Waals surface area contributed by atoms with E-state index in [4.69, 9.17) is 10.2 Å². The van der Waals surface area contributed by atoms with Crippen LogP contribution in [0.2, 0.25) is 0 Å². The number of hydrogen-bond donors (Lipinski definition) is 1. The van der Waals surface area contributed by atoms with E-state index in [1.54, 1.807) is 49.4 Å². The third-order valence-corrected chi connectivity index (χ3v) is 6.60. The summed E-state index contributed by atoms with van der Waals surface area (Å²) in [5.74, 6) is 0.855. The van der Waals surface area contributed by atoms with Crippen molar-refractivity contribution in [3.63, 3.8) is 0 Å². The van der Waals surface area contributed by atoms with Gasteiger partial charge in [-0.2, -0.15) is 5.26 Å². The number of nitrogens with zero attached hydrogens (tertiary/aromatic N) is 3. The quantitative estimate of drug-likeness (QED) is 0.529. The van der Waals surface area contributed by atoms with Crippen LogP contribution in [-0.4, -0.2) is 18.0 Å². The molecule has 0 aliphatic rings. The molecule has 1 aromatic heterocycles. The highest BCUT2D eigenvalue weighted by Crippen LogP contribution is 2.24. The zero-order valence-electron chi connectivity index (χ0n) is 16.6. The second kappa shape index (κ2) is 7.65. The number of rotatable bonds is 5. The number of aryl methyl sites for hydroxylation is 2. The van der Waals surface area contributed by atoms with Crippen molar-refractivity contribution in [3.05, 3.63) is 89.2 Å². The van der Waals surface area contributed by atoms with Gasteiger partial charge in [-0.1, -0.05) is 30.3 Å². The van der Waals surface area contributed by atoms with Crippen molar-refractivity contribution in [2.24, 2.45) is 7.05 Å². The van der Waals surface area contributed by atoms with Crippen LogP contribution in [0.5, 0.6) is 0 Å². The SMILES string of the molecule is Cc1ccccc1S(=O)(=O)Nc1ccc2c(c1)nc(Cc1ccc(C#N)cc1)n2C. The van der Waals surface area contributed by atoms with Crippen molar-refractivity contribution in [2.75, 3.05) is 4.72 Å². The summed E-state index contributed by atoms with van der Waals surface area (Å²) >= 11 is 0. The zero-order valence-corrected chi connectivity index (χ0v) is 17.4. The van der Waals surface area contributed by atoms with Crippen LogP contribution in [0.4, 0.5) is 5.69 Å². The number of hydrogen-bond acceptors (Lipinski definition) is 4. The first-order valence-electron chi connectivity index (χ1n) is 9.40. The van der Waals surface area contributed by atoms with Crippen LogP contribution in [0.1, 0.15) is 22.5 Å². The molecule has 3 aromatic carbocycles. The molecule has 30 heavy (non-hydrogen) atoms. The van der Waals surface area contributed by atoms with Crippen molar-refractivity contribution >= 4 is 26.7 Å². The smallest absolute Gasteiger partial charge is 0.262 e. The molecule has 0 saturated carbocycles. The maximum absolute atomic E-state index is 12.8. The largest absolute Gasteiger partial charge is 0.331 e. The van der Waals surface area contributed by atoms with Crippen molar-refractivity contribution < 1.29 is 8.42 Å². The first-order valence-corrected chi connectivity index (χ1v) is 10.9. The normalized spacial score (nSPS) is 11.4. The number of anilines is 1. The summed E-state index contributed by atoms with van der Waals surface area (Å²) in [5.41, 5.74) is 4.45. The number of sulfonamides is 1. The van der Waals surface area contributed by atoms with Gasteiger partial charge in [-0.15, -0.1) is 0 Å². The molecule has 7 heteroatoms. The Morgan fingerprint density at radius 3 is 2.50 bits per heavy atom. The third kappa shape index (κ3) is 3.78. The number of nitriles is 1. The zero-order chi connectivity index (χ0) is 21.3. The summed E-state index contributed by atoms with van der Waals surface area (Å²) in [4.78, 5) is 4.95. The number of nitrogens with one attached hydrogen (secondary N) is 1. The standard InChI is InChI=1S/C23H20N4O2S/c1-16-5-3-4-6-22(16)30(28,29)26-19-11-12-21-20(14-19)25-23(27(21)2)13-17-7-9-18(15-24)10-8-17/h3-12,14,26H,13H2,1-2H3. The van der Waals surface area contributed by atoms with Crippen molar-refractivity contribution in [3.8, 4) is 6.07 Å². The van der Waals surface area contributed by atoms with Crippen LogP contribution in [0.15, 0.2) is 71.6 Å². The monoisotopic (exact) mass is 416 g/mol. The Morgan fingerprint density at radius 2 is 1.80 bits per heavy atom. The van der Waals surface area contributed by atoms with Crippen molar-refractivity contribution in [1.29, 1.82) is 5.26 Å². The predicted molar refractivity (Wildman–Crippen MR) is 117 cm³/mol. The van der Waals surface area contributed by atoms with Crippen molar-refractivity contribution in [2.45, 2.75) is 18.2 Å². The third-order valence-electron chi connectivity index (χ3n) is 5.05. The maximum atomic E-state index is 12.8. The first kappa shape index (κ1) is 19.7. The molecule has 4 aromatic rings. The minimum Gasteiger partial charge on any atom is -0.331 e. The van der Waals surface area contributed by atoms with Gasteiger partial charge in [-0.25, -0.2) is 13.4 Å². The molecule has 0 aliphatic heterocycles. The minimum atomic E-state index is -3.68. The predicted octanol–water partition coefficient (Wildman–Crippen LogP) is 4.15. The molecule has 0 fully saturated rings. The Balaban J connectivity index is 1.63. The van der Waals surface area contributed by atoms with E-state index in [0.717, 1.165) is 16.9 Å². The maximum Gasteiger partial charge on any atom is 0.262 e. The van der Waals surface area contributed by atoms with Gasteiger partial charge in [-0.05, 0) is 54.4 Å². The lowest BCUT2D eigenvalue weighted by molar-refractivity contribution is 0.600. The first-order chi connectivity index (χ1) is 14.4. The van der Waals surface area contributed by atoms with E-state index in [1.807, 2.05) is 35.9 Å². The van der Waals surface area contributed by atoms with Gasteiger partial charge in [0.05, 0.1) is 33.2 Å². The molecule has 0 unspecified atom stereocenters. The number of aromatic nitrogens is 2. The molecule has 150 valence electrons. The Hall–Kier alpha value is -3.63. The van der Waals surface area contributed by atoms with Crippen LogP contribution in [0, 0.1) is 18.3 Å². The second-order valence-corrected chi connectivity index (χ2v) is 8.80. The lowest BCUT2D eigenvalue weighted by Gasteiger charge is -2.10. The Kier molecular flexibility index (Phi) is 5.02. The molecule has 0 atom stereocenters. The Bertz CT molecular complexity index is 1380. The second-order valence-electron chi connectivity index (χ2n) is 7.15. The van der Waals surface area contributed by atoms with E-state index < -0.39 is 10.0 Å². The fourth-order valence-electron chi connectivity index (χ4n) is 3.42. The van der Waals surface area contributed by atoms with Crippen LogP contribution >= 0.6 is 0 Å². The molecule has 0 radical (unpaired) electrons. The Morgan fingerprint density at radius 1 is 1.07 bits per heavy atom. The summed E-state index contributed by atoms with van der Waals surface area (Å²) in [6.07, 6.45) is 0.612. The molecule has 0 bridgehead atoms. The van der Waals surface area contributed by atoms with Gasteiger partial charge in [-0.3, -0.25) is 4.72 Å². The lowest BCUT2D eigenvalue weighted by atomic mass is 10.1. The minimum absolute atomic E-state index is 0.257. The molecular formula is C23H20N4O2S. The van der Waals surface area contributed by atoms with E-state index in [2.05, 4.69) is 10.8 Å². The molecular weight excluding hydrogens is 396 g/mol. The van der Waals surface area contributed by atoms with Crippen LogP contribution in [0.3, 0.4) is 0 Å². The van der Waals surface area contributed by atoms with Gasteiger partial charge in [0, 0.05) is 13.5 Å². The highest BCUT2D eigenvalue weighted by atomic mass is 32.2. The van der Waals surface area contributed by atoms with Crippen molar-refractivity contribution in [1.82, 2.24) is 9.55 Å². The number of benzene rings is 3. The van der Waals surface area contributed by atoms with Gasteiger partial charge < -0.3 is 4.57 Å². The van der Waals surface area contributed by atoms with Crippen LogP contribution in [-0.2, 0) is 23.5 Å². The number of fused-ring (bicyclic) bond motifs is 1. The molecule has 4 rings (SSSR count). The highest BCUT2D eigenvalue weighted by Gasteiger charge is 2.17. The fourth-order valence-corrected chi connectivity index (χ4v) is 4.72. The Labute approximate surface area is 175 Å². The molecule has 0 saturated heterocycles. The lowest BCUT2D eigenvalue weighted by Crippen LogP contribution is -2.14. The topological polar surface area (TPSA) is 87.8 Å². The van der Waals surface area contributed by atoms with Crippen LogP contribution < -0.4 is 4.72 Å². The summed E-state index contributed by atoms with van der Waals surface area (Å²) in [7, 11) is -1.75. The van der Waals surface area contributed by atoms with E-state index in [0.29, 0.717) is 28.8 Å². The average Bonchev–Trinajstić information content (AvgIpc) is 3.03. The van der Waals surface area contributed by atoms with E-state index in [-0.39, 0.29) is 4.90 Å². The van der Waals surface area contributed by atoms with Gasteiger partial charge in [0.25, 0.3) is 10.0 Å². The van der Waals surface area contributed by atoms with Gasteiger partial charge in [0.15, 0.2) is 0 Å². The summed E-state index contributed by atoms with van der Waals surface area (Å²) in [5, 5.41) is 8.94. The summed E-state index contributed by atoms with van der Waals surface area (Å²) in [6.45, 7) is 1.77. The molecule has 0 spiro atoms. The highest BCUT2D eigenvalue weighted by molar-refractivity contribution is 7.92. The summed E-state index contributed by atoms with van der Waals surface area (Å²) in [6, 6.07) is 21.7. The van der Waals surface area contributed by atoms with Gasteiger partial charge in [0.1, 0.15) is 5.82 Å². The van der Waals surface area contributed by atoms with E-state index in [1.165, 1.54) is 0 Å². The van der Waals surface area contributed by atoms with Crippen LogP contribution in [0.25, 0.3) is 11.0 Å². The molecule has 0 amide bonds. The van der Waals surface area contributed by atoms with E-state index in [9.17, 15) is 8.42 Å². The van der Waals surface area contributed by atoms with Gasteiger partial charge in [0.2, 0.25) is 0 Å².